The summed E-state index contributed by atoms with van der Waals surface area (Å²) in [6.07, 6.45) is 0. The van der Waals surface area contributed by atoms with Crippen molar-refractivity contribution in [2.75, 3.05) is 0 Å². The lowest BCUT2D eigenvalue weighted by atomic mass is 10.2. The molecule has 6 amide bonds. The van der Waals surface area contributed by atoms with E-state index < -0.39 is 71.7 Å². The minimum absolute atomic E-state index is 0.614. The van der Waals surface area contributed by atoms with Crippen molar-refractivity contribution >= 4 is 35.4 Å². The van der Waals surface area contributed by atoms with Crippen molar-refractivity contribution in [1.82, 2.24) is 31.9 Å². The molecule has 0 bridgehead atoms. The second-order valence-electron chi connectivity index (χ2n) is 7.38. The Bertz CT molecular complexity index is 571. The maximum Gasteiger partial charge on any atom is 0.242 e. The van der Waals surface area contributed by atoms with Gasteiger partial charge >= 0.3 is 0 Å². The van der Waals surface area contributed by atoms with Crippen LogP contribution in [0.15, 0.2) is 0 Å². The lowest BCUT2D eigenvalue weighted by Gasteiger charge is -2.24. The van der Waals surface area contributed by atoms with Crippen LogP contribution in [0, 0.1) is 0 Å². The highest BCUT2D eigenvalue weighted by Gasteiger charge is 2.28. The van der Waals surface area contributed by atoms with Crippen molar-refractivity contribution in [2.24, 2.45) is 0 Å². The minimum Gasteiger partial charge on any atom is -0.343 e. The Labute approximate surface area is 174 Å². The summed E-state index contributed by atoms with van der Waals surface area (Å²) in [5.41, 5.74) is 0. The van der Waals surface area contributed by atoms with E-state index in [0.717, 1.165) is 0 Å². The van der Waals surface area contributed by atoms with Crippen LogP contribution in [-0.2, 0) is 28.8 Å². The summed E-state index contributed by atoms with van der Waals surface area (Å²) < 4.78 is 0. The first-order valence-electron chi connectivity index (χ1n) is 9.65. The van der Waals surface area contributed by atoms with E-state index in [0.29, 0.717) is 0 Å². The first kappa shape index (κ1) is 24.9. The third-order valence-electron chi connectivity index (χ3n) is 4.51. The molecule has 6 N–H and O–H groups in total. The van der Waals surface area contributed by atoms with Crippen LogP contribution in [0.1, 0.15) is 41.5 Å². The molecule has 1 saturated heterocycles. The van der Waals surface area contributed by atoms with Crippen LogP contribution in [0.25, 0.3) is 0 Å². The van der Waals surface area contributed by atoms with E-state index in [-0.39, 0.29) is 0 Å². The zero-order valence-electron chi connectivity index (χ0n) is 17.9. The molecule has 0 aromatic heterocycles. The van der Waals surface area contributed by atoms with Crippen LogP contribution >= 0.6 is 0 Å². The molecule has 30 heavy (non-hydrogen) atoms. The van der Waals surface area contributed by atoms with Gasteiger partial charge in [0.25, 0.3) is 0 Å². The van der Waals surface area contributed by atoms with Crippen LogP contribution < -0.4 is 31.9 Å². The number of amides is 6. The Kier molecular flexibility index (Phi) is 8.75. The number of nitrogens with one attached hydrogen (secondary N) is 6. The fraction of sp³-hybridized carbons (Fsp3) is 0.667. The van der Waals surface area contributed by atoms with Crippen molar-refractivity contribution in [3.63, 3.8) is 0 Å². The van der Waals surface area contributed by atoms with E-state index in [9.17, 15) is 28.8 Å². The van der Waals surface area contributed by atoms with E-state index in [4.69, 9.17) is 0 Å². The third kappa shape index (κ3) is 7.01. The Morgan fingerprint density at radius 1 is 0.333 bits per heavy atom. The number of rotatable bonds is 0. The van der Waals surface area contributed by atoms with Gasteiger partial charge in [-0.15, -0.1) is 0 Å². The van der Waals surface area contributed by atoms with Gasteiger partial charge in [0.1, 0.15) is 36.3 Å². The number of carbonyl (C=O) groups excluding carboxylic acids is 6. The predicted molar refractivity (Wildman–Crippen MR) is 106 cm³/mol. The van der Waals surface area contributed by atoms with Crippen LogP contribution in [0.2, 0.25) is 0 Å². The summed E-state index contributed by atoms with van der Waals surface area (Å²) in [7, 11) is 0. The first-order valence-corrected chi connectivity index (χ1v) is 9.65. The van der Waals surface area contributed by atoms with Crippen molar-refractivity contribution in [3.8, 4) is 0 Å². The molecule has 0 aliphatic carbocycles. The van der Waals surface area contributed by atoms with Gasteiger partial charge < -0.3 is 31.9 Å². The summed E-state index contributed by atoms with van der Waals surface area (Å²) in [5.74, 6) is -3.68. The molecule has 12 heteroatoms. The highest BCUT2D eigenvalue weighted by molar-refractivity contribution is 5.97. The average Bonchev–Trinajstić information content (AvgIpc) is 2.66. The Morgan fingerprint density at radius 2 is 0.433 bits per heavy atom. The van der Waals surface area contributed by atoms with Crippen LogP contribution in [0.4, 0.5) is 0 Å². The molecule has 1 heterocycles. The number of hydrogen-bond donors (Lipinski definition) is 6. The second-order valence-corrected chi connectivity index (χ2v) is 7.38. The molecule has 6 atom stereocenters. The smallest absolute Gasteiger partial charge is 0.242 e. The first-order chi connectivity index (χ1) is 13.8. The lowest BCUT2D eigenvalue weighted by molar-refractivity contribution is -0.135. The molecule has 12 nitrogen and oxygen atoms in total. The summed E-state index contributed by atoms with van der Waals surface area (Å²) in [4.78, 5) is 73.4. The SMILES string of the molecule is C[C@@H]1NC(=O)[C@H](C)NC(=O)[C@@H](C)NC(=O)[C@H](C)NC(=O)[C@H](C)NC(=O)[C@@H](C)NC1=O. The second kappa shape index (κ2) is 10.6. The van der Waals surface area contributed by atoms with E-state index >= 15 is 0 Å². The fourth-order valence-electron chi connectivity index (χ4n) is 2.42. The highest BCUT2D eigenvalue weighted by Crippen LogP contribution is 1.95. The molecule has 1 rings (SSSR count). The maximum atomic E-state index is 12.2. The van der Waals surface area contributed by atoms with Gasteiger partial charge in [0.15, 0.2) is 0 Å². The lowest BCUT2D eigenvalue weighted by Crippen LogP contribution is -2.59. The minimum atomic E-state index is -0.982. The largest absolute Gasteiger partial charge is 0.343 e. The predicted octanol–water partition coefficient (Wildman–Crippen LogP) is -2.97. The van der Waals surface area contributed by atoms with Gasteiger partial charge in [0.05, 0.1) is 0 Å². The van der Waals surface area contributed by atoms with Crippen molar-refractivity contribution in [1.29, 1.82) is 0 Å². The zero-order chi connectivity index (χ0) is 23.2. The van der Waals surface area contributed by atoms with Crippen LogP contribution in [0.5, 0.6) is 0 Å². The standard InChI is InChI=1S/C18H30N6O6/c1-7-13(25)20-9(3)15(27)22-11(5)17(29)24-12(6)18(30)23-10(4)16(28)21-8(2)14(26)19-7/h7-12H,1-6H3,(H,19,26)(H,20,25)(H,21,28)(H,22,27)(H,23,30)(H,24,29)/t7-,8-,9+,10+,11-,12-/m0/s1. The van der Waals surface area contributed by atoms with Gasteiger partial charge in [-0.2, -0.15) is 0 Å². The quantitative estimate of drug-likeness (QED) is 0.241. The third-order valence-corrected chi connectivity index (χ3v) is 4.51. The molecular formula is C18H30N6O6. The normalized spacial score (nSPS) is 33.0. The molecule has 0 saturated carbocycles. The van der Waals surface area contributed by atoms with Gasteiger partial charge in [-0.25, -0.2) is 0 Å². The summed E-state index contributed by atoms with van der Waals surface area (Å²) in [5, 5.41) is 14.6. The molecule has 1 aliphatic rings. The van der Waals surface area contributed by atoms with Crippen LogP contribution in [0.3, 0.4) is 0 Å². The highest BCUT2D eigenvalue weighted by atomic mass is 16.2. The van der Waals surface area contributed by atoms with E-state index in [1.807, 2.05) is 0 Å². The van der Waals surface area contributed by atoms with Crippen molar-refractivity contribution in [3.05, 3.63) is 0 Å². The van der Waals surface area contributed by atoms with Crippen molar-refractivity contribution in [2.45, 2.75) is 77.8 Å². The fourth-order valence-corrected chi connectivity index (χ4v) is 2.42. The molecule has 1 fully saturated rings. The number of carbonyl (C=O) groups is 6. The summed E-state index contributed by atoms with van der Waals surface area (Å²) in [6, 6.07) is -5.89. The molecule has 0 radical (unpaired) electrons. The monoisotopic (exact) mass is 426 g/mol. The molecule has 1 aliphatic heterocycles. The Morgan fingerprint density at radius 3 is 0.533 bits per heavy atom. The average molecular weight is 426 g/mol. The van der Waals surface area contributed by atoms with E-state index in [1.54, 1.807) is 0 Å². The molecule has 0 aromatic carbocycles. The summed E-state index contributed by atoms with van der Waals surface area (Å²) in [6.45, 7) is 8.53. The Balaban J connectivity index is 3.04. The molecular weight excluding hydrogens is 396 g/mol. The molecule has 0 unspecified atom stereocenters. The molecule has 0 spiro atoms. The van der Waals surface area contributed by atoms with E-state index in [2.05, 4.69) is 31.9 Å². The van der Waals surface area contributed by atoms with Gasteiger partial charge in [-0.3, -0.25) is 28.8 Å². The van der Waals surface area contributed by atoms with Gasteiger partial charge in [-0.05, 0) is 41.5 Å². The summed E-state index contributed by atoms with van der Waals surface area (Å²) >= 11 is 0. The number of hydrogen-bond acceptors (Lipinski definition) is 6. The topological polar surface area (TPSA) is 175 Å². The van der Waals surface area contributed by atoms with Gasteiger partial charge in [0, 0.05) is 0 Å². The van der Waals surface area contributed by atoms with Gasteiger partial charge in [-0.1, -0.05) is 0 Å². The Hall–Kier alpha value is -3.18. The zero-order valence-corrected chi connectivity index (χ0v) is 17.9. The molecule has 0 aromatic rings. The van der Waals surface area contributed by atoms with Gasteiger partial charge in [0.2, 0.25) is 35.4 Å². The van der Waals surface area contributed by atoms with Crippen LogP contribution in [-0.4, -0.2) is 71.7 Å². The van der Waals surface area contributed by atoms with E-state index in [1.165, 1.54) is 41.5 Å². The maximum absolute atomic E-state index is 12.2. The van der Waals surface area contributed by atoms with Crippen molar-refractivity contribution < 1.29 is 28.8 Å². The molecule has 168 valence electrons.